The second-order valence-electron chi connectivity index (χ2n) is 3.25. The topological polar surface area (TPSA) is 49.8 Å². The van der Waals surface area contributed by atoms with Crippen molar-refractivity contribution in [3.05, 3.63) is 29.3 Å². The quantitative estimate of drug-likeness (QED) is 0.836. The van der Waals surface area contributed by atoms with Crippen LogP contribution in [0.1, 0.15) is 0 Å². The first-order valence-electron chi connectivity index (χ1n) is 4.56. The maximum atomic E-state index is 11.4. The van der Waals surface area contributed by atoms with Crippen molar-refractivity contribution in [3.63, 3.8) is 0 Å². The fourth-order valence-corrected chi connectivity index (χ4v) is 1.72. The van der Waals surface area contributed by atoms with Crippen molar-refractivity contribution in [2.24, 2.45) is 0 Å². The molecule has 5 heteroatoms. The van der Waals surface area contributed by atoms with Gasteiger partial charge in [0.05, 0.1) is 23.9 Å². The van der Waals surface area contributed by atoms with E-state index in [9.17, 15) is 4.79 Å². The zero-order valence-corrected chi connectivity index (χ0v) is 8.65. The molecular formula is C10H10ClNO3. The van der Waals surface area contributed by atoms with Gasteiger partial charge in [-0.1, -0.05) is 23.7 Å². The molecule has 80 valence electrons. The Morgan fingerprint density at radius 3 is 2.87 bits per heavy atom. The highest BCUT2D eigenvalue weighted by Gasteiger charge is 2.32. The molecule has 1 aromatic carbocycles. The summed E-state index contributed by atoms with van der Waals surface area (Å²) in [4.78, 5) is 12.9. The summed E-state index contributed by atoms with van der Waals surface area (Å²) < 4.78 is 4.91. The van der Waals surface area contributed by atoms with Crippen LogP contribution >= 0.6 is 11.6 Å². The lowest BCUT2D eigenvalue weighted by molar-refractivity contribution is 0.0963. The van der Waals surface area contributed by atoms with Gasteiger partial charge in [-0.15, -0.1) is 0 Å². The molecule has 1 atom stereocenters. The van der Waals surface area contributed by atoms with Crippen molar-refractivity contribution in [1.82, 2.24) is 0 Å². The minimum atomic E-state index is -0.470. The molecule has 0 bridgehead atoms. The van der Waals surface area contributed by atoms with E-state index in [1.54, 1.807) is 24.3 Å². The second-order valence-corrected chi connectivity index (χ2v) is 3.66. The standard InChI is InChI=1S/C10H10ClNO3/c11-8-3-1-2-4-9(8)12-5-7(6-13)15-10(12)14/h1-4,7,13H,5-6H2/t7-/m1/s1. The van der Waals surface area contributed by atoms with Gasteiger partial charge >= 0.3 is 6.09 Å². The molecule has 0 spiro atoms. The molecule has 1 heterocycles. The molecule has 1 aromatic rings. The summed E-state index contributed by atoms with van der Waals surface area (Å²) in [6.45, 7) is 0.158. The van der Waals surface area contributed by atoms with E-state index in [-0.39, 0.29) is 6.61 Å². The molecule has 1 amide bonds. The third-order valence-electron chi connectivity index (χ3n) is 2.22. The Hall–Kier alpha value is -1.26. The molecule has 1 fully saturated rings. The van der Waals surface area contributed by atoms with Gasteiger partial charge in [0.2, 0.25) is 0 Å². The normalized spacial score (nSPS) is 20.5. The monoisotopic (exact) mass is 227 g/mol. The van der Waals surface area contributed by atoms with Crippen LogP contribution in [0.3, 0.4) is 0 Å². The third kappa shape index (κ3) is 1.91. The average molecular weight is 228 g/mol. The lowest BCUT2D eigenvalue weighted by Gasteiger charge is -2.13. The number of nitrogens with zero attached hydrogens (tertiary/aromatic N) is 1. The first-order valence-corrected chi connectivity index (χ1v) is 4.93. The van der Waals surface area contributed by atoms with Crippen molar-refractivity contribution in [2.75, 3.05) is 18.1 Å². The summed E-state index contributed by atoms with van der Waals surface area (Å²) in [7, 11) is 0. The number of aliphatic hydroxyl groups is 1. The van der Waals surface area contributed by atoms with Gasteiger partial charge in [0.25, 0.3) is 0 Å². The van der Waals surface area contributed by atoms with Crippen LogP contribution in [0.2, 0.25) is 5.02 Å². The van der Waals surface area contributed by atoms with E-state index in [4.69, 9.17) is 21.4 Å². The Balaban J connectivity index is 2.25. The molecule has 0 radical (unpaired) electrons. The molecule has 1 N–H and O–H groups in total. The summed E-state index contributed by atoms with van der Waals surface area (Å²) >= 11 is 5.95. The van der Waals surface area contributed by atoms with Crippen LogP contribution in [-0.4, -0.2) is 30.5 Å². The van der Waals surface area contributed by atoms with Crippen LogP contribution in [0.5, 0.6) is 0 Å². The van der Waals surface area contributed by atoms with E-state index in [0.29, 0.717) is 17.3 Å². The molecule has 0 saturated carbocycles. The number of carbonyl (C=O) groups is 1. The van der Waals surface area contributed by atoms with Gasteiger partial charge in [0.15, 0.2) is 0 Å². The van der Waals surface area contributed by atoms with Gasteiger partial charge in [-0.25, -0.2) is 4.79 Å². The lowest BCUT2D eigenvalue weighted by Crippen LogP contribution is -2.25. The van der Waals surface area contributed by atoms with Gasteiger partial charge in [-0.05, 0) is 12.1 Å². The number of cyclic esters (lactones) is 1. The molecular weight excluding hydrogens is 218 g/mol. The van der Waals surface area contributed by atoms with Crippen LogP contribution in [0, 0.1) is 0 Å². The minimum absolute atomic E-state index is 0.174. The summed E-state index contributed by atoms with van der Waals surface area (Å²) in [5.74, 6) is 0. The number of hydrogen-bond acceptors (Lipinski definition) is 3. The molecule has 1 aliphatic heterocycles. The maximum Gasteiger partial charge on any atom is 0.414 e. The molecule has 1 saturated heterocycles. The molecule has 0 aromatic heterocycles. The van der Waals surface area contributed by atoms with E-state index in [2.05, 4.69) is 0 Å². The summed E-state index contributed by atoms with van der Waals surface area (Å²) in [5, 5.41) is 9.37. The Morgan fingerprint density at radius 2 is 2.27 bits per heavy atom. The Kier molecular flexibility index (Phi) is 2.79. The van der Waals surface area contributed by atoms with E-state index in [1.807, 2.05) is 0 Å². The van der Waals surface area contributed by atoms with Crippen molar-refractivity contribution in [2.45, 2.75) is 6.10 Å². The average Bonchev–Trinajstić information content (AvgIpc) is 2.60. The Labute approximate surface area is 92.0 Å². The van der Waals surface area contributed by atoms with Gasteiger partial charge in [0, 0.05) is 0 Å². The number of ether oxygens (including phenoxy) is 1. The number of carbonyl (C=O) groups excluding carboxylic acids is 1. The third-order valence-corrected chi connectivity index (χ3v) is 2.54. The molecule has 1 aliphatic rings. The van der Waals surface area contributed by atoms with Crippen molar-refractivity contribution in [3.8, 4) is 0 Å². The first kappa shape index (κ1) is 10.3. The molecule has 0 unspecified atom stereocenters. The number of anilines is 1. The highest BCUT2D eigenvalue weighted by Crippen LogP contribution is 2.28. The SMILES string of the molecule is O=C1O[C@@H](CO)CN1c1ccccc1Cl. The van der Waals surface area contributed by atoms with Gasteiger partial charge in [-0.2, -0.15) is 0 Å². The maximum absolute atomic E-state index is 11.4. The van der Waals surface area contributed by atoms with Crippen LogP contribution in [0.4, 0.5) is 10.5 Å². The number of hydrogen-bond donors (Lipinski definition) is 1. The number of rotatable bonds is 2. The van der Waals surface area contributed by atoms with Gasteiger partial charge in [-0.3, -0.25) is 4.90 Å². The largest absolute Gasteiger partial charge is 0.441 e. The predicted octanol–water partition coefficient (Wildman–Crippen LogP) is 1.66. The smallest absolute Gasteiger partial charge is 0.414 e. The van der Waals surface area contributed by atoms with Crippen LogP contribution in [-0.2, 0) is 4.74 Å². The number of aliphatic hydroxyl groups excluding tert-OH is 1. The lowest BCUT2D eigenvalue weighted by atomic mass is 10.3. The second kappa shape index (κ2) is 4.08. The highest BCUT2D eigenvalue weighted by molar-refractivity contribution is 6.33. The Morgan fingerprint density at radius 1 is 1.53 bits per heavy atom. The van der Waals surface area contributed by atoms with Crippen LogP contribution < -0.4 is 4.90 Å². The summed E-state index contributed by atoms with van der Waals surface area (Å²) in [6, 6.07) is 7.03. The van der Waals surface area contributed by atoms with Gasteiger partial charge < -0.3 is 9.84 Å². The number of para-hydroxylation sites is 1. The minimum Gasteiger partial charge on any atom is -0.441 e. The van der Waals surface area contributed by atoms with E-state index in [0.717, 1.165) is 0 Å². The molecule has 15 heavy (non-hydrogen) atoms. The van der Waals surface area contributed by atoms with E-state index in [1.165, 1.54) is 4.90 Å². The fourth-order valence-electron chi connectivity index (χ4n) is 1.48. The number of amides is 1. The Bertz CT molecular complexity index is 383. The summed E-state index contributed by atoms with van der Waals surface area (Å²) in [5.41, 5.74) is 0.611. The first-order chi connectivity index (χ1) is 7.22. The van der Waals surface area contributed by atoms with Crippen molar-refractivity contribution >= 4 is 23.4 Å². The zero-order valence-electron chi connectivity index (χ0n) is 7.89. The zero-order chi connectivity index (χ0) is 10.8. The van der Waals surface area contributed by atoms with E-state index >= 15 is 0 Å². The molecule has 2 rings (SSSR count). The van der Waals surface area contributed by atoms with Gasteiger partial charge in [0.1, 0.15) is 6.10 Å². The van der Waals surface area contributed by atoms with Crippen LogP contribution in [0.15, 0.2) is 24.3 Å². The predicted molar refractivity (Wildman–Crippen MR) is 56.2 cm³/mol. The van der Waals surface area contributed by atoms with Crippen LogP contribution in [0.25, 0.3) is 0 Å². The highest BCUT2D eigenvalue weighted by atomic mass is 35.5. The van der Waals surface area contributed by atoms with Crippen molar-refractivity contribution in [1.29, 1.82) is 0 Å². The number of benzene rings is 1. The number of halogens is 1. The van der Waals surface area contributed by atoms with Crippen molar-refractivity contribution < 1.29 is 14.6 Å². The summed E-state index contributed by atoms with van der Waals surface area (Å²) in [6.07, 6.45) is -0.934. The fraction of sp³-hybridized carbons (Fsp3) is 0.300. The van der Waals surface area contributed by atoms with E-state index < -0.39 is 12.2 Å². The molecule has 0 aliphatic carbocycles. The molecule has 4 nitrogen and oxygen atoms in total.